The van der Waals surface area contributed by atoms with E-state index in [0.717, 1.165) is 11.3 Å². The summed E-state index contributed by atoms with van der Waals surface area (Å²) in [7, 11) is 0. The van der Waals surface area contributed by atoms with Crippen LogP contribution in [0.3, 0.4) is 0 Å². The number of nitrogens with zero attached hydrogens (tertiary/aromatic N) is 2. The highest BCUT2D eigenvalue weighted by molar-refractivity contribution is 5.78. The number of rotatable bonds is 5. The third kappa shape index (κ3) is 3.15. The van der Waals surface area contributed by atoms with Crippen LogP contribution in [0.2, 0.25) is 0 Å². The Bertz CT molecular complexity index is 629. The van der Waals surface area contributed by atoms with E-state index in [2.05, 4.69) is 29.5 Å². The number of carbonyl (C=O) groups excluding carboxylic acids is 1. The number of amides is 1. The second-order valence-electron chi connectivity index (χ2n) is 5.91. The lowest BCUT2D eigenvalue weighted by Gasteiger charge is -2.13. The van der Waals surface area contributed by atoms with Crippen LogP contribution >= 0.6 is 0 Å². The van der Waals surface area contributed by atoms with Crippen LogP contribution in [0.1, 0.15) is 30.9 Å². The molecule has 4 heteroatoms. The number of aryl methyl sites for hydroxylation is 1. The summed E-state index contributed by atoms with van der Waals surface area (Å²) < 4.78 is 1.84. The van der Waals surface area contributed by atoms with Crippen molar-refractivity contribution in [3.63, 3.8) is 0 Å². The zero-order chi connectivity index (χ0) is 14.8. The summed E-state index contributed by atoms with van der Waals surface area (Å²) in [6.45, 7) is 4.70. The highest BCUT2D eigenvalue weighted by Crippen LogP contribution is 2.36. The van der Waals surface area contributed by atoms with Gasteiger partial charge in [0.2, 0.25) is 5.91 Å². The lowest BCUT2D eigenvalue weighted by atomic mass is 10.0. The van der Waals surface area contributed by atoms with Gasteiger partial charge in [-0.15, -0.1) is 0 Å². The van der Waals surface area contributed by atoms with Gasteiger partial charge >= 0.3 is 0 Å². The smallest absolute Gasteiger partial charge is 0.223 e. The van der Waals surface area contributed by atoms with E-state index in [1.54, 1.807) is 6.20 Å². The summed E-state index contributed by atoms with van der Waals surface area (Å²) in [6, 6.07) is 8.10. The number of hydrogen-bond acceptors (Lipinski definition) is 2. The van der Waals surface area contributed by atoms with Crippen molar-refractivity contribution in [1.82, 2.24) is 15.1 Å². The molecule has 21 heavy (non-hydrogen) atoms. The molecule has 2 aromatic rings. The van der Waals surface area contributed by atoms with Crippen molar-refractivity contribution in [2.75, 3.05) is 0 Å². The van der Waals surface area contributed by atoms with E-state index in [4.69, 9.17) is 0 Å². The molecule has 1 unspecified atom stereocenters. The third-order valence-corrected chi connectivity index (χ3v) is 4.29. The molecule has 0 aliphatic heterocycles. The Balaban J connectivity index is 1.64. The van der Waals surface area contributed by atoms with Gasteiger partial charge in [-0.2, -0.15) is 5.10 Å². The fourth-order valence-corrected chi connectivity index (χ4v) is 2.60. The highest BCUT2D eigenvalue weighted by Gasteiger charge is 2.32. The molecule has 0 radical (unpaired) electrons. The average molecular weight is 283 g/mol. The maximum absolute atomic E-state index is 12.0. The molecule has 4 nitrogen and oxygen atoms in total. The van der Waals surface area contributed by atoms with Gasteiger partial charge < -0.3 is 5.32 Å². The van der Waals surface area contributed by atoms with E-state index < -0.39 is 0 Å². The molecule has 1 aromatic heterocycles. The standard InChI is InChI=1S/C17H21N3O/c1-12-10-16(20-9-3-8-19-20)7-6-15(12)11-18-17(21)13(2)14-4-5-14/h3,6-10,13-14H,4-5,11H2,1-2H3,(H,18,21). The first-order chi connectivity index (χ1) is 10.1. The van der Waals surface area contributed by atoms with Gasteiger partial charge in [-0.05, 0) is 55.0 Å². The van der Waals surface area contributed by atoms with E-state index in [-0.39, 0.29) is 11.8 Å². The van der Waals surface area contributed by atoms with Crippen LogP contribution in [0.5, 0.6) is 0 Å². The van der Waals surface area contributed by atoms with Gasteiger partial charge in [-0.1, -0.05) is 13.0 Å². The summed E-state index contributed by atoms with van der Waals surface area (Å²) in [4.78, 5) is 12.0. The number of carbonyl (C=O) groups is 1. The Morgan fingerprint density at radius 2 is 2.29 bits per heavy atom. The first-order valence-corrected chi connectivity index (χ1v) is 7.52. The van der Waals surface area contributed by atoms with Gasteiger partial charge in [-0.25, -0.2) is 4.68 Å². The molecule has 0 bridgehead atoms. The molecular weight excluding hydrogens is 262 g/mol. The summed E-state index contributed by atoms with van der Waals surface area (Å²) in [5.41, 5.74) is 3.36. The fourth-order valence-electron chi connectivity index (χ4n) is 2.60. The normalized spacial score (nSPS) is 15.7. The Hall–Kier alpha value is -2.10. The number of nitrogens with one attached hydrogen (secondary N) is 1. The van der Waals surface area contributed by atoms with E-state index >= 15 is 0 Å². The van der Waals surface area contributed by atoms with Crippen molar-refractivity contribution in [2.24, 2.45) is 11.8 Å². The summed E-state index contributed by atoms with van der Waals surface area (Å²) in [5.74, 6) is 0.926. The van der Waals surface area contributed by atoms with Crippen LogP contribution in [0.15, 0.2) is 36.7 Å². The van der Waals surface area contributed by atoms with Crippen LogP contribution in [0.4, 0.5) is 0 Å². The zero-order valence-electron chi connectivity index (χ0n) is 12.5. The Morgan fingerprint density at radius 1 is 1.48 bits per heavy atom. The van der Waals surface area contributed by atoms with Gasteiger partial charge in [0.25, 0.3) is 0 Å². The van der Waals surface area contributed by atoms with E-state index in [9.17, 15) is 4.79 Å². The second kappa shape index (κ2) is 5.72. The van der Waals surface area contributed by atoms with Gasteiger partial charge in [0.05, 0.1) is 5.69 Å². The summed E-state index contributed by atoms with van der Waals surface area (Å²) >= 11 is 0. The molecule has 1 aliphatic carbocycles. The van der Waals surface area contributed by atoms with Crippen LogP contribution in [-0.4, -0.2) is 15.7 Å². The van der Waals surface area contributed by atoms with Gasteiger partial charge in [0.1, 0.15) is 0 Å². The predicted molar refractivity (Wildman–Crippen MR) is 82.0 cm³/mol. The number of aromatic nitrogens is 2. The lowest BCUT2D eigenvalue weighted by molar-refractivity contribution is -0.125. The topological polar surface area (TPSA) is 46.9 Å². The molecule has 1 N–H and O–H groups in total. The van der Waals surface area contributed by atoms with Crippen LogP contribution in [0, 0.1) is 18.8 Å². The molecule has 1 amide bonds. The predicted octanol–water partition coefficient (Wildman–Crippen LogP) is 2.84. The Labute approximate surface area is 125 Å². The van der Waals surface area contributed by atoms with E-state index in [1.165, 1.54) is 18.4 Å². The first kappa shape index (κ1) is 13.9. The van der Waals surface area contributed by atoms with Crippen molar-refractivity contribution in [1.29, 1.82) is 0 Å². The van der Waals surface area contributed by atoms with E-state index in [1.807, 2.05) is 29.9 Å². The second-order valence-corrected chi connectivity index (χ2v) is 5.91. The molecular formula is C17H21N3O. The lowest BCUT2D eigenvalue weighted by Crippen LogP contribution is -2.30. The molecule has 1 fully saturated rings. The molecule has 0 saturated heterocycles. The zero-order valence-corrected chi connectivity index (χ0v) is 12.5. The van der Waals surface area contributed by atoms with Gasteiger partial charge in [0, 0.05) is 24.9 Å². The molecule has 0 spiro atoms. The number of hydrogen-bond donors (Lipinski definition) is 1. The minimum atomic E-state index is 0.147. The molecule has 1 atom stereocenters. The monoisotopic (exact) mass is 283 g/mol. The van der Waals surface area contributed by atoms with Crippen molar-refractivity contribution in [3.05, 3.63) is 47.8 Å². The average Bonchev–Trinajstić information content (AvgIpc) is 3.19. The summed E-state index contributed by atoms with van der Waals surface area (Å²) in [6.07, 6.45) is 6.09. The maximum Gasteiger partial charge on any atom is 0.223 e. The molecule has 3 rings (SSSR count). The van der Waals surface area contributed by atoms with Gasteiger partial charge in [0.15, 0.2) is 0 Å². The molecule has 1 aromatic carbocycles. The number of benzene rings is 1. The van der Waals surface area contributed by atoms with Crippen molar-refractivity contribution >= 4 is 5.91 Å². The maximum atomic E-state index is 12.0. The quantitative estimate of drug-likeness (QED) is 0.917. The first-order valence-electron chi connectivity index (χ1n) is 7.52. The summed E-state index contributed by atoms with van der Waals surface area (Å²) in [5, 5.41) is 7.28. The van der Waals surface area contributed by atoms with Crippen LogP contribution in [-0.2, 0) is 11.3 Å². The SMILES string of the molecule is Cc1cc(-n2cccn2)ccc1CNC(=O)C(C)C1CC1. The minimum Gasteiger partial charge on any atom is -0.352 e. The minimum absolute atomic E-state index is 0.147. The van der Waals surface area contributed by atoms with Gasteiger partial charge in [-0.3, -0.25) is 4.79 Å². The molecule has 1 heterocycles. The van der Waals surface area contributed by atoms with Crippen molar-refractivity contribution < 1.29 is 4.79 Å². The fraction of sp³-hybridized carbons (Fsp3) is 0.412. The highest BCUT2D eigenvalue weighted by atomic mass is 16.1. The molecule has 110 valence electrons. The van der Waals surface area contributed by atoms with E-state index in [0.29, 0.717) is 12.5 Å². The largest absolute Gasteiger partial charge is 0.352 e. The Kier molecular flexibility index (Phi) is 3.78. The van der Waals surface area contributed by atoms with Crippen molar-refractivity contribution in [3.8, 4) is 5.69 Å². The van der Waals surface area contributed by atoms with Crippen LogP contribution < -0.4 is 5.32 Å². The molecule has 1 saturated carbocycles. The Morgan fingerprint density at radius 3 is 2.90 bits per heavy atom. The van der Waals surface area contributed by atoms with Crippen molar-refractivity contribution in [2.45, 2.75) is 33.2 Å². The third-order valence-electron chi connectivity index (χ3n) is 4.29. The van der Waals surface area contributed by atoms with Crippen LogP contribution in [0.25, 0.3) is 5.69 Å². The molecule has 1 aliphatic rings.